The number of nitrogen functional groups attached to an aromatic ring is 1. The summed E-state index contributed by atoms with van der Waals surface area (Å²) < 4.78 is 10.3. The third-order valence-electron chi connectivity index (χ3n) is 2.78. The highest BCUT2D eigenvalue weighted by Crippen LogP contribution is 2.26. The molecule has 21 heavy (non-hydrogen) atoms. The minimum absolute atomic E-state index is 0.0357. The highest BCUT2D eigenvalue weighted by atomic mass is 16.5. The van der Waals surface area contributed by atoms with Crippen molar-refractivity contribution >= 4 is 11.7 Å². The van der Waals surface area contributed by atoms with Gasteiger partial charge in [-0.05, 0) is 29.8 Å². The number of carbonyl (C=O) groups is 1. The van der Waals surface area contributed by atoms with E-state index in [1.54, 1.807) is 30.3 Å². The zero-order valence-electron chi connectivity index (χ0n) is 11.4. The predicted molar refractivity (Wildman–Crippen MR) is 75.5 cm³/mol. The average Bonchev–Trinajstić information content (AvgIpc) is 2.52. The number of hydrogen-bond donors (Lipinski definition) is 1. The minimum atomic E-state index is -0.547. The Labute approximate surface area is 121 Å². The van der Waals surface area contributed by atoms with Crippen LogP contribution in [0.5, 0.6) is 5.75 Å². The first-order valence-corrected chi connectivity index (χ1v) is 6.10. The first-order valence-electron chi connectivity index (χ1n) is 6.10. The van der Waals surface area contributed by atoms with Gasteiger partial charge in [0.25, 0.3) is 0 Å². The van der Waals surface area contributed by atoms with Crippen molar-refractivity contribution in [2.75, 3.05) is 12.8 Å². The highest BCUT2D eigenvalue weighted by Gasteiger charge is 2.15. The van der Waals surface area contributed by atoms with Crippen LogP contribution in [0, 0.1) is 11.3 Å². The molecule has 1 aromatic carbocycles. The molecule has 0 bridgehead atoms. The number of carbonyl (C=O) groups excluding carboxylic acids is 1. The molecule has 2 N–H and O–H groups in total. The summed E-state index contributed by atoms with van der Waals surface area (Å²) in [7, 11) is 1.44. The fourth-order valence-corrected chi connectivity index (χ4v) is 1.80. The second-order valence-corrected chi connectivity index (χ2v) is 4.17. The highest BCUT2D eigenvalue weighted by molar-refractivity contribution is 5.94. The van der Waals surface area contributed by atoms with Crippen LogP contribution in [0.25, 0.3) is 0 Å². The van der Waals surface area contributed by atoms with E-state index in [9.17, 15) is 4.79 Å². The van der Waals surface area contributed by atoms with Crippen molar-refractivity contribution in [3.05, 3.63) is 53.3 Å². The summed E-state index contributed by atoms with van der Waals surface area (Å²) in [6.45, 7) is 0.0357. The summed E-state index contributed by atoms with van der Waals surface area (Å²) in [6.07, 6.45) is 1.49. The van der Waals surface area contributed by atoms with Gasteiger partial charge in [0.05, 0.1) is 12.8 Å². The molecule has 2 rings (SSSR count). The lowest BCUT2D eigenvalue weighted by atomic mass is 10.1. The summed E-state index contributed by atoms with van der Waals surface area (Å²) in [5.74, 6) is -0.260. The van der Waals surface area contributed by atoms with E-state index in [1.165, 1.54) is 13.3 Å². The van der Waals surface area contributed by atoms with Gasteiger partial charge < -0.3 is 15.2 Å². The van der Waals surface area contributed by atoms with Crippen LogP contribution in [0.3, 0.4) is 0 Å². The number of benzene rings is 1. The van der Waals surface area contributed by atoms with Gasteiger partial charge in [0.2, 0.25) is 0 Å². The van der Waals surface area contributed by atoms with Crippen LogP contribution >= 0.6 is 0 Å². The first kappa shape index (κ1) is 14.3. The molecule has 0 aliphatic carbocycles. The fourth-order valence-electron chi connectivity index (χ4n) is 1.80. The van der Waals surface area contributed by atoms with E-state index in [0.29, 0.717) is 11.3 Å². The normalized spacial score (nSPS) is 9.71. The Morgan fingerprint density at radius 1 is 1.43 bits per heavy atom. The van der Waals surface area contributed by atoms with Crippen LogP contribution in [0.2, 0.25) is 0 Å². The molecule has 0 amide bonds. The number of pyridine rings is 1. The maximum absolute atomic E-state index is 12.1. The fraction of sp³-hybridized carbons (Fsp3) is 0.133. The van der Waals surface area contributed by atoms with Crippen LogP contribution in [-0.4, -0.2) is 18.1 Å². The predicted octanol–water partition coefficient (Wildman–Crippen LogP) is 1.90. The monoisotopic (exact) mass is 283 g/mol. The van der Waals surface area contributed by atoms with Crippen molar-refractivity contribution in [2.24, 2.45) is 0 Å². The van der Waals surface area contributed by atoms with Crippen LogP contribution in [0.15, 0.2) is 36.5 Å². The quantitative estimate of drug-likeness (QED) is 0.679. The Bertz CT molecular complexity index is 708. The van der Waals surface area contributed by atoms with Crippen molar-refractivity contribution in [3.63, 3.8) is 0 Å². The van der Waals surface area contributed by atoms with Crippen molar-refractivity contribution in [1.82, 2.24) is 4.98 Å². The summed E-state index contributed by atoms with van der Waals surface area (Å²) in [4.78, 5) is 15.9. The number of para-hydroxylation sites is 1. The molecule has 0 fully saturated rings. The molecule has 6 nitrogen and oxygen atoms in total. The van der Waals surface area contributed by atoms with E-state index in [-0.39, 0.29) is 23.6 Å². The number of nitrogens with zero attached hydrogens (tertiary/aromatic N) is 2. The summed E-state index contributed by atoms with van der Waals surface area (Å²) in [6, 6.07) is 10.0. The van der Waals surface area contributed by atoms with Gasteiger partial charge in [0, 0.05) is 6.20 Å². The van der Waals surface area contributed by atoms with E-state index in [4.69, 9.17) is 20.5 Å². The van der Waals surface area contributed by atoms with Gasteiger partial charge in [-0.1, -0.05) is 6.07 Å². The van der Waals surface area contributed by atoms with Gasteiger partial charge >= 0.3 is 5.97 Å². The Kier molecular flexibility index (Phi) is 4.36. The van der Waals surface area contributed by atoms with Gasteiger partial charge in [0.15, 0.2) is 5.75 Å². The number of nitrogens with two attached hydrogens (primary N) is 1. The lowest BCUT2D eigenvalue weighted by Gasteiger charge is -2.10. The number of methoxy groups -OCH3 is 1. The number of nitriles is 1. The zero-order chi connectivity index (χ0) is 15.2. The number of anilines is 1. The third kappa shape index (κ3) is 3.28. The topological polar surface area (TPSA) is 98.2 Å². The summed E-state index contributed by atoms with van der Waals surface area (Å²) in [5, 5.41) is 8.77. The summed E-state index contributed by atoms with van der Waals surface area (Å²) in [5.41, 5.74) is 7.30. The molecule has 0 saturated carbocycles. The van der Waals surface area contributed by atoms with E-state index in [0.717, 1.165) is 0 Å². The van der Waals surface area contributed by atoms with E-state index >= 15 is 0 Å². The van der Waals surface area contributed by atoms with Crippen LogP contribution in [-0.2, 0) is 11.3 Å². The van der Waals surface area contributed by atoms with E-state index in [2.05, 4.69) is 4.98 Å². The van der Waals surface area contributed by atoms with Gasteiger partial charge in [-0.3, -0.25) is 0 Å². The van der Waals surface area contributed by atoms with Crippen LogP contribution in [0.1, 0.15) is 21.6 Å². The lowest BCUT2D eigenvalue weighted by Crippen LogP contribution is -2.08. The van der Waals surface area contributed by atoms with Crippen LogP contribution in [0.4, 0.5) is 5.69 Å². The molecular weight excluding hydrogens is 270 g/mol. The largest absolute Gasteiger partial charge is 0.494 e. The van der Waals surface area contributed by atoms with E-state index < -0.39 is 5.97 Å². The molecule has 0 aliphatic heterocycles. The number of hydrogen-bond acceptors (Lipinski definition) is 6. The Balaban J connectivity index is 2.12. The smallest absolute Gasteiger partial charge is 0.342 e. The Morgan fingerprint density at radius 2 is 2.24 bits per heavy atom. The van der Waals surface area contributed by atoms with Gasteiger partial charge in [-0.25, -0.2) is 9.78 Å². The SMILES string of the molecule is COc1c(N)cccc1C(=O)OCc1ccnc(C#N)c1. The molecule has 0 atom stereocenters. The molecule has 2 aromatic rings. The van der Waals surface area contributed by atoms with Crippen molar-refractivity contribution < 1.29 is 14.3 Å². The van der Waals surface area contributed by atoms with Crippen molar-refractivity contribution in [1.29, 1.82) is 5.26 Å². The molecule has 0 radical (unpaired) electrons. The van der Waals surface area contributed by atoms with Gasteiger partial charge in [-0.15, -0.1) is 0 Å². The molecule has 0 aliphatic rings. The van der Waals surface area contributed by atoms with Crippen molar-refractivity contribution in [3.8, 4) is 11.8 Å². The molecule has 106 valence electrons. The molecule has 0 saturated heterocycles. The molecule has 0 spiro atoms. The standard InChI is InChI=1S/C15H13N3O3/c1-20-14-12(3-2-4-13(14)17)15(19)21-9-10-5-6-18-11(7-10)8-16/h2-7H,9,17H2,1H3. The summed E-state index contributed by atoms with van der Waals surface area (Å²) >= 11 is 0. The minimum Gasteiger partial charge on any atom is -0.494 e. The average molecular weight is 283 g/mol. The van der Waals surface area contributed by atoms with Crippen molar-refractivity contribution in [2.45, 2.75) is 6.61 Å². The second-order valence-electron chi connectivity index (χ2n) is 4.17. The Hall–Kier alpha value is -3.07. The maximum atomic E-state index is 12.1. The van der Waals surface area contributed by atoms with Crippen LogP contribution < -0.4 is 10.5 Å². The number of esters is 1. The molecule has 1 aromatic heterocycles. The Morgan fingerprint density at radius 3 is 2.95 bits per heavy atom. The molecule has 0 unspecified atom stereocenters. The van der Waals surface area contributed by atoms with E-state index in [1.807, 2.05) is 6.07 Å². The first-order chi connectivity index (χ1) is 10.2. The maximum Gasteiger partial charge on any atom is 0.342 e. The number of rotatable bonds is 4. The number of ether oxygens (including phenoxy) is 2. The third-order valence-corrected chi connectivity index (χ3v) is 2.78. The molecular formula is C15H13N3O3. The lowest BCUT2D eigenvalue weighted by molar-refractivity contribution is 0.0469. The molecule has 1 heterocycles. The van der Waals surface area contributed by atoms with Gasteiger partial charge in [-0.2, -0.15) is 5.26 Å². The second kappa shape index (κ2) is 6.39. The van der Waals surface area contributed by atoms with Gasteiger partial charge in [0.1, 0.15) is 23.9 Å². The zero-order valence-corrected chi connectivity index (χ0v) is 11.4. The molecule has 6 heteroatoms. The number of aromatic nitrogens is 1.